The number of rotatable bonds is 1. The van der Waals surface area contributed by atoms with E-state index in [1.54, 1.807) is 18.9 Å². The van der Waals surface area contributed by atoms with Crippen molar-refractivity contribution in [2.24, 2.45) is 7.05 Å². The third-order valence-corrected chi connectivity index (χ3v) is 4.46. The summed E-state index contributed by atoms with van der Waals surface area (Å²) in [4.78, 5) is 39.2. The lowest BCUT2D eigenvalue weighted by Gasteiger charge is -2.29. The summed E-state index contributed by atoms with van der Waals surface area (Å²) in [5, 5.41) is -0.00396. The van der Waals surface area contributed by atoms with Gasteiger partial charge in [0.2, 0.25) is 5.28 Å². The first kappa shape index (κ1) is 19.3. The first-order chi connectivity index (χ1) is 12.6. The van der Waals surface area contributed by atoms with Crippen molar-refractivity contribution in [3.63, 3.8) is 0 Å². The van der Waals surface area contributed by atoms with E-state index in [0.29, 0.717) is 36.5 Å². The van der Waals surface area contributed by atoms with Gasteiger partial charge in [0.1, 0.15) is 16.9 Å². The average Bonchev–Trinajstić information content (AvgIpc) is 2.59. The topological polar surface area (TPSA) is 90.2 Å². The maximum atomic E-state index is 12.5. The van der Waals surface area contributed by atoms with Gasteiger partial charge >= 0.3 is 6.09 Å². The molecular weight excluding hydrogens is 370 g/mol. The Hall–Kier alpha value is -2.48. The van der Waals surface area contributed by atoms with Crippen LogP contribution >= 0.6 is 11.6 Å². The second-order valence-corrected chi connectivity index (χ2v) is 7.81. The maximum Gasteiger partial charge on any atom is 0.410 e. The Morgan fingerprint density at radius 2 is 1.93 bits per heavy atom. The molecule has 2 aromatic heterocycles. The van der Waals surface area contributed by atoms with Gasteiger partial charge in [0.15, 0.2) is 5.52 Å². The van der Waals surface area contributed by atoms with E-state index in [1.165, 1.54) is 4.57 Å². The summed E-state index contributed by atoms with van der Waals surface area (Å²) in [5.74, 6) is 0.562. The molecule has 0 fully saturated rings. The molecule has 0 unspecified atom stereocenters. The van der Waals surface area contributed by atoms with Crippen molar-refractivity contribution in [3.05, 3.63) is 33.2 Å². The lowest BCUT2D eigenvalue weighted by molar-refractivity contribution is 0.0270. The third kappa shape index (κ3) is 3.95. The monoisotopic (exact) mass is 391 g/mol. The van der Waals surface area contributed by atoms with Gasteiger partial charge in [0, 0.05) is 20.1 Å². The smallest absolute Gasteiger partial charge is 0.410 e. The normalized spacial score (nSPS) is 15.0. The van der Waals surface area contributed by atoms with Crippen molar-refractivity contribution in [3.8, 4) is 0 Å². The standard InChI is InChI=1S/C18H22ClN5O3/c1-10-20-13-12(21-16(19)22-14(13)15(25)23(10)5)11-6-8-24(9-7-11)17(26)27-18(2,3)4/h6H,7-9H2,1-5H3. The van der Waals surface area contributed by atoms with Gasteiger partial charge in [-0.15, -0.1) is 0 Å². The molecule has 0 radical (unpaired) electrons. The second-order valence-electron chi connectivity index (χ2n) is 7.47. The first-order valence-electron chi connectivity index (χ1n) is 8.65. The van der Waals surface area contributed by atoms with Gasteiger partial charge in [-0.3, -0.25) is 9.36 Å². The van der Waals surface area contributed by atoms with E-state index in [9.17, 15) is 9.59 Å². The largest absolute Gasteiger partial charge is 0.444 e. The fourth-order valence-electron chi connectivity index (χ4n) is 2.83. The molecule has 0 saturated heterocycles. The van der Waals surface area contributed by atoms with E-state index in [1.807, 2.05) is 26.8 Å². The van der Waals surface area contributed by atoms with Crippen molar-refractivity contribution in [2.45, 2.75) is 39.7 Å². The Kier molecular flexibility index (Phi) is 4.94. The summed E-state index contributed by atoms with van der Waals surface area (Å²) in [7, 11) is 1.64. The van der Waals surface area contributed by atoms with E-state index < -0.39 is 5.60 Å². The van der Waals surface area contributed by atoms with Gasteiger partial charge in [-0.1, -0.05) is 6.08 Å². The summed E-state index contributed by atoms with van der Waals surface area (Å²) in [6.07, 6.45) is 2.09. The zero-order valence-corrected chi connectivity index (χ0v) is 16.8. The fraction of sp³-hybridized carbons (Fsp3) is 0.500. The molecule has 1 amide bonds. The van der Waals surface area contributed by atoms with Crippen LogP contribution in [0, 0.1) is 6.92 Å². The molecule has 0 N–H and O–H groups in total. The lowest BCUT2D eigenvalue weighted by atomic mass is 10.0. The van der Waals surface area contributed by atoms with E-state index in [2.05, 4.69) is 15.0 Å². The Bertz CT molecular complexity index is 1010. The van der Waals surface area contributed by atoms with Crippen LogP contribution < -0.4 is 5.56 Å². The number of halogens is 1. The molecule has 9 heteroatoms. The number of hydrogen-bond acceptors (Lipinski definition) is 6. The number of amides is 1. The van der Waals surface area contributed by atoms with Crippen molar-refractivity contribution in [1.82, 2.24) is 24.4 Å². The predicted octanol–water partition coefficient (Wildman–Crippen LogP) is 2.71. The zero-order valence-electron chi connectivity index (χ0n) is 16.0. The number of hydrogen-bond donors (Lipinski definition) is 0. The van der Waals surface area contributed by atoms with Gasteiger partial charge in [-0.2, -0.15) is 0 Å². The van der Waals surface area contributed by atoms with E-state index >= 15 is 0 Å². The van der Waals surface area contributed by atoms with Gasteiger partial charge < -0.3 is 9.64 Å². The number of aromatic nitrogens is 4. The Morgan fingerprint density at radius 1 is 1.22 bits per heavy atom. The molecule has 2 aromatic rings. The molecule has 0 atom stereocenters. The molecular formula is C18H22ClN5O3. The van der Waals surface area contributed by atoms with Crippen molar-refractivity contribution in [1.29, 1.82) is 0 Å². The Morgan fingerprint density at radius 3 is 2.52 bits per heavy atom. The van der Waals surface area contributed by atoms with Crippen LogP contribution in [0.3, 0.4) is 0 Å². The third-order valence-electron chi connectivity index (χ3n) is 4.29. The highest BCUT2D eigenvalue weighted by atomic mass is 35.5. The van der Waals surface area contributed by atoms with Gasteiger partial charge in [0.05, 0.1) is 5.69 Å². The summed E-state index contributed by atoms with van der Waals surface area (Å²) in [5.41, 5.74) is 1.22. The van der Waals surface area contributed by atoms with Crippen molar-refractivity contribution in [2.75, 3.05) is 13.1 Å². The minimum atomic E-state index is -0.543. The van der Waals surface area contributed by atoms with Crippen LogP contribution in [0.15, 0.2) is 10.9 Å². The highest BCUT2D eigenvalue weighted by molar-refractivity contribution is 6.28. The number of carbonyl (C=O) groups is 1. The van der Waals surface area contributed by atoms with Gasteiger partial charge in [-0.05, 0) is 51.3 Å². The maximum absolute atomic E-state index is 12.5. The molecule has 1 aliphatic rings. The summed E-state index contributed by atoms with van der Waals surface area (Å²) < 4.78 is 6.83. The molecule has 144 valence electrons. The van der Waals surface area contributed by atoms with Crippen LogP contribution in [0.4, 0.5) is 4.79 Å². The quantitative estimate of drug-likeness (QED) is 0.694. The number of fused-ring (bicyclic) bond motifs is 1. The first-order valence-corrected chi connectivity index (χ1v) is 9.03. The minimum Gasteiger partial charge on any atom is -0.444 e. The molecule has 3 heterocycles. The number of ether oxygens (including phenoxy) is 1. The molecule has 0 aromatic carbocycles. The van der Waals surface area contributed by atoms with Crippen LogP contribution in [-0.4, -0.2) is 49.2 Å². The molecule has 3 rings (SSSR count). The number of aryl methyl sites for hydroxylation is 1. The highest BCUT2D eigenvalue weighted by Gasteiger charge is 2.25. The lowest BCUT2D eigenvalue weighted by Crippen LogP contribution is -2.39. The summed E-state index contributed by atoms with van der Waals surface area (Å²) in [6.45, 7) is 8.11. The van der Waals surface area contributed by atoms with Crippen molar-refractivity contribution >= 4 is 34.3 Å². The summed E-state index contributed by atoms with van der Waals surface area (Å²) in [6, 6.07) is 0. The Labute approximate surface area is 161 Å². The molecule has 8 nitrogen and oxygen atoms in total. The fourth-order valence-corrected chi connectivity index (χ4v) is 2.99. The van der Waals surface area contributed by atoms with E-state index in [0.717, 1.165) is 5.57 Å². The molecule has 0 aliphatic carbocycles. The molecule has 27 heavy (non-hydrogen) atoms. The highest BCUT2D eigenvalue weighted by Crippen LogP contribution is 2.27. The van der Waals surface area contributed by atoms with Crippen LogP contribution in [0.2, 0.25) is 5.28 Å². The van der Waals surface area contributed by atoms with E-state index in [-0.39, 0.29) is 22.5 Å². The number of carbonyl (C=O) groups excluding carboxylic acids is 1. The van der Waals surface area contributed by atoms with Crippen LogP contribution in [0.5, 0.6) is 0 Å². The predicted molar refractivity (Wildman–Crippen MR) is 103 cm³/mol. The SMILES string of the molecule is Cc1nc2c(C3=CCN(C(=O)OC(C)(C)C)CC3)nc(Cl)nc2c(=O)n1C. The number of nitrogens with zero attached hydrogens (tertiary/aromatic N) is 5. The molecule has 0 saturated carbocycles. The molecule has 0 spiro atoms. The van der Waals surface area contributed by atoms with Crippen LogP contribution in [-0.2, 0) is 11.8 Å². The van der Waals surface area contributed by atoms with Gasteiger partial charge in [0.25, 0.3) is 5.56 Å². The second kappa shape index (κ2) is 6.92. The van der Waals surface area contributed by atoms with Crippen molar-refractivity contribution < 1.29 is 9.53 Å². The average molecular weight is 392 g/mol. The molecule has 0 bridgehead atoms. The molecule has 1 aliphatic heterocycles. The van der Waals surface area contributed by atoms with Crippen LogP contribution in [0.25, 0.3) is 16.6 Å². The van der Waals surface area contributed by atoms with Crippen LogP contribution in [0.1, 0.15) is 38.7 Å². The van der Waals surface area contributed by atoms with Gasteiger partial charge in [-0.25, -0.2) is 19.7 Å². The summed E-state index contributed by atoms with van der Waals surface area (Å²) >= 11 is 6.05. The minimum absolute atomic E-state index is 0.00396. The van der Waals surface area contributed by atoms with E-state index in [4.69, 9.17) is 16.3 Å². The zero-order chi connectivity index (χ0) is 19.9. The Balaban J connectivity index is 1.97.